The average Bonchev–Trinajstić information content (AvgIpc) is 2.02. The lowest BCUT2D eigenvalue weighted by molar-refractivity contribution is 0.304. The third kappa shape index (κ3) is 7.11. The third-order valence-corrected chi connectivity index (χ3v) is 2.67. The molecule has 0 saturated heterocycles. The van der Waals surface area contributed by atoms with E-state index in [-0.39, 0.29) is 0 Å². The Hall–Kier alpha value is 0.440. The maximum atomic E-state index is 3.47. The van der Waals surface area contributed by atoms with Crippen LogP contribution in [-0.2, 0) is 0 Å². The quantitative estimate of drug-likeness (QED) is 0.614. The van der Waals surface area contributed by atoms with E-state index in [4.69, 9.17) is 0 Å². The first-order chi connectivity index (χ1) is 5.70. The molecule has 0 fully saturated rings. The van der Waals surface area contributed by atoms with Gasteiger partial charge in [0.1, 0.15) is 0 Å². The Bertz CT molecular complexity index is 83.8. The topological polar surface area (TPSA) is 3.24 Å². The van der Waals surface area contributed by atoms with Gasteiger partial charge in [-0.25, -0.2) is 0 Å². The Morgan fingerprint density at radius 2 is 1.92 bits per heavy atom. The summed E-state index contributed by atoms with van der Waals surface area (Å²) < 4.78 is 0. The van der Waals surface area contributed by atoms with Crippen LogP contribution in [0.1, 0.15) is 33.1 Å². The second-order valence-corrected chi connectivity index (χ2v) is 4.47. The van der Waals surface area contributed by atoms with Crippen molar-refractivity contribution in [3.63, 3.8) is 0 Å². The van der Waals surface area contributed by atoms with Gasteiger partial charge < -0.3 is 4.90 Å². The molecule has 0 aromatic heterocycles. The summed E-state index contributed by atoms with van der Waals surface area (Å²) in [6.07, 6.45) is 3.91. The molecule has 12 heavy (non-hydrogen) atoms. The molecule has 0 aliphatic rings. The van der Waals surface area contributed by atoms with Crippen molar-refractivity contribution in [3.05, 3.63) is 0 Å². The summed E-state index contributed by atoms with van der Waals surface area (Å²) in [4.78, 5) is 2.42. The zero-order valence-corrected chi connectivity index (χ0v) is 10.2. The van der Waals surface area contributed by atoms with Gasteiger partial charge in [-0.3, -0.25) is 0 Å². The van der Waals surface area contributed by atoms with Crippen LogP contribution in [-0.4, -0.2) is 30.4 Å². The molecule has 0 radical (unpaired) electrons. The largest absolute Gasteiger partial charge is 0.306 e. The first-order valence-electron chi connectivity index (χ1n) is 4.95. The smallest absolute Gasteiger partial charge is 0.00338 e. The van der Waals surface area contributed by atoms with E-state index in [0.717, 1.165) is 11.2 Å². The first-order valence-corrected chi connectivity index (χ1v) is 6.07. The standard InChI is InChI=1S/C10H22BrN/c1-4-8-12(3)9-6-10(2)5-7-11/h10H,4-9H2,1-3H3. The van der Waals surface area contributed by atoms with Gasteiger partial charge in [-0.2, -0.15) is 0 Å². The van der Waals surface area contributed by atoms with Gasteiger partial charge in [-0.15, -0.1) is 0 Å². The highest BCUT2D eigenvalue weighted by Crippen LogP contribution is 2.09. The molecule has 2 heteroatoms. The summed E-state index contributed by atoms with van der Waals surface area (Å²) in [6, 6.07) is 0. The number of hydrogen-bond donors (Lipinski definition) is 0. The van der Waals surface area contributed by atoms with Crippen LogP contribution in [0.15, 0.2) is 0 Å². The zero-order chi connectivity index (χ0) is 9.40. The molecule has 1 unspecified atom stereocenters. The molecule has 0 aliphatic heterocycles. The van der Waals surface area contributed by atoms with E-state index < -0.39 is 0 Å². The van der Waals surface area contributed by atoms with Crippen LogP contribution in [0.4, 0.5) is 0 Å². The maximum absolute atomic E-state index is 3.47. The van der Waals surface area contributed by atoms with Crippen molar-refractivity contribution in [1.82, 2.24) is 4.90 Å². The Morgan fingerprint density at radius 3 is 2.42 bits per heavy atom. The molecule has 74 valence electrons. The lowest BCUT2D eigenvalue weighted by Crippen LogP contribution is -2.22. The molecule has 0 amide bonds. The van der Waals surface area contributed by atoms with Gasteiger partial charge >= 0.3 is 0 Å². The minimum absolute atomic E-state index is 0.865. The summed E-state index contributed by atoms with van der Waals surface area (Å²) >= 11 is 3.47. The normalized spacial score (nSPS) is 13.8. The minimum atomic E-state index is 0.865. The molecular formula is C10H22BrN. The fraction of sp³-hybridized carbons (Fsp3) is 1.00. The molecule has 0 spiro atoms. The van der Waals surface area contributed by atoms with E-state index in [1.54, 1.807) is 0 Å². The number of alkyl halides is 1. The highest BCUT2D eigenvalue weighted by Gasteiger charge is 2.02. The number of hydrogen-bond acceptors (Lipinski definition) is 1. The van der Waals surface area contributed by atoms with E-state index in [9.17, 15) is 0 Å². The van der Waals surface area contributed by atoms with Crippen LogP contribution in [0.25, 0.3) is 0 Å². The number of nitrogens with zero attached hydrogens (tertiary/aromatic N) is 1. The molecule has 0 bridgehead atoms. The second kappa shape index (κ2) is 8.06. The molecular weight excluding hydrogens is 214 g/mol. The summed E-state index contributed by atoms with van der Waals surface area (Å²) in [6.45, 7) is 7.06. The van der Waals surface area contributed by atoms with Crippen molar-refractivity contribution >= 4 is 15.9 Å². The second-order valence-electron chi connectivity index (χ2n) is 3.67. The molecule has 0 heterocycles. The Morgan fingerprint density at radius 1 is 1.25 bits per heavy atom. The third-order valence-electron chi connectivity index (χ3n) is 2.21. The fourth-order valence-electron chi connectivity index (χ4n) is 1.26. The maximum Gasteiger partial charge on any atom is 0.00338 e. The van der Waals surface area contributed by atoms with Gasteiger partial charge in [0, 0.05) is 5.33 Å². The Kier molecular flexibility index (Phi) is 8.35. The van der Waals surface area contributed by atoms with Gasteiger partial charge in [0.25, 0.3) is 0 Å². The highest BCUT2D eigenvalue weighted by atomic mass is 79.9. The Balaban J connectivity index is 3.27. The van der Waals surface area contributed by atoms with Gasteiger partial charge in [0.2, 0.25) is 0 Å². The van der Waals surface area contributed by atoms with Crippen LogP contribution in [0.3, 0.4) is 0 Å². The predicted octanol–water partition coefficient (Wildman–Crippen LogP) is 3.14. The predicted molar refractivity (Wildman–Crippen MR) is 60.0 cm³/mol. The van der Waals surface area contributed by atoms with Gasteiger partial charge in [0.15, 0.2) is 0 Å². The van der Waals surface area contributed by atoms with Crippen LogP contribution in [0.2, 0.25) is 0 Å². The van der Waals surface area contributed by atoms with E-state index in [2.05, 4.69) is 41.7 Å². The van der Waals surface area contributed by atoms with E-state index >= 15 is 0 Å². The first kappa shape index (κ1) is 12.4. The summed E-state index contributed by atoms with van der Waals surface area (Å²) in [5, 5.41) is 1.14. The summed E-state index contributed by atoms with van der Waals surface area (Å²) in [5.74, 6) is 0.865. The van der Waals surface area contributed by atoms with Crippen LogP contribution < -0.4 is 0 Å². The van der Waals surface area contributed by atoms with Crippen LogP contribution >= 0.6 is 15.9 Å². The van der Waals surface area contributed by atoms with E-state index in [0.29, 0.717) is 0 Å². The van der Waals surface area contributed by atoms with Crippen molar-refractivity contribution < 1.29 is 0 Å². The molecule has 0 aliphatic carbocycles. The lowest BCUT2D eigenvalue weighted by Gasteiger charge is -2.17. The molecule has 1 nitrogen and oxygen atoms in total. The zero-order valence-electron chi connectivity index (χ0n) is 8.65. The molecule has 0 N–H and O–H groups in total. The Labute approximate surface area is 85.7 Å². The lowest BCUT2D eigenvalue weighted by atomic mass is 10.1. The van der Waals surface area contributed by atoms with Crippen LogP contribution in [0.5, 0.6) is 0 Å². The van der Waals surface area contributed by atoms with Crippen molar-refractivity contribution in [3.8, 4) is 0 Å². The van der Waals surface area contributed by atoms with E-state index in [1.807, 2.05) is 0 Å². The van der Waals surface area contributed by atoms with E-state index in [1.165, 1.54) is 32.4 Å². The van der Waals surface area contributed by atoms with Crippen LogP contribution in [0, 0.1) is 5.92 Å². The van der Waals surface area contributed by atoms with Gasteiger partial charge in [-0.05, 0) is 45.3 Å². The van der Waals surface area contributed by atoms with Crippen molar-refractivity contribution in [2.45, 2.75) is 33.1 Å². The summed E-state index contributed by atoms with van der Waals surface area (Å²) in [7, 11) is 2.21. The fourth-order valence-corrected chi connectivity index (χ4v) is 2.05. The average molecular weight is 236 g/mol. The molecule has 0 aromatic rings. The molecule has 0 aromatic carbocycles. The van der Waals surface area contributed by atoms with Gasteiger partial charge in [-0.1, -0.05) is 29.8 Å². The summed E-state index contributed by atoms with van der Waals surface area (Å²) in [5.41, 5.74) is 0. The highest BCUT2D eigenvalue weighted by molar-refractivity contribution is 9.09. The molecule has 0 saturated carbocycles. The van der Waals surface area contributed by atoms with Gasteiger partial charge in [0.05, 0.1) is 0 Å². The molecule has 1 atom stereocenters. The monoisotopic (exact) mass is 235 g/mol. The van der Waals surface area contributed by atoms with Crippen molar-refractivity contribution in [1.29, 1.82) is 0 Å². The SMILES string of the molecule is CCCN(C)CCC(C)CCBr. The van der Waals surface area contributed by atoms with Crippen molar-refractivity contribution in [2.75, 3.05) is 25.5 Å². The minimum Gasteiger partial charge on any atom is -0.306 e. The number of rotatable bonds is 7. The van der Waals surface area contributed by atoms with Crippen molar-refractivity contribution in [2.24, 2.45) is 5.92 Å². The molecule has 0 rings (SSSR count). The number of halogens is 1.